The number of thiophene rings is 1. The maximum absolute atomic E-state index is 5.47. The second-order valence-corrected chi connectivity index (χ2v) is 6.11. The first-order valence-corrected chi connectivity index (χ1v) is 7.98. The zero-order valence-electron chi connectivity index (χ0n) is 12.1. The van der Waals surface area contributed by atoms with Crippen LogP contribution in [0.4, 0.5) is 0 Å². The van der Waals surface area contributed by atoms with E-state index in [4.69, 9.17) is 8.83 Å². The lowest BCUT2D eigenvalue weighted by molar-refractivity contribution is 0.519. The highest BCUT2D eigenvalue weighted by atomic mass is 32.1. The Hall–Kier alpha value is -2.40. The molecule has 0 saturated carbocycles. The number of hydrogen-bond donors (Lipinski definition) is 0. The number of aromatic nitrogens is 2. The quantitative estimate of drug-likeness (QED) is 0.548. The molecule has 0 bridgehead atoms. The Morgan fingerprint density at radius 3 is 2.86 bits per heavy atom. The minimum atomic E-state index is 0.663. The summed E-state index contributed by atoms with van der Waals surface area (Å²) >= 11 is 1.73. The summed E-state index contributed by atoms with van der Waals surface area (Å²) < 4.78 is 10.8. The van der Waals surface area contributed by atoms with Crippen LogP contribution in [0.2, 0.25) is 0 Å². The molecule has 5 heteroatoms. The van der Waals surface area contributed by atoms with E-state index in [9.17, 15) is 0 Å². The SMILES string of the molecule is CCc1sc2ncnc(Cc3ccco3)c2c1-c1ccoc1. The van der Waals surface area contributed by atoms with Crippen molar-refractivity contribution in [2.75, 3.05) is 0 Å². The highest BCUT2D eigenvalue weighted by Crippen LogP contribution is 2.40. The van der Waals surface area contributed by atoms with Crippen molar-refractivity contribution in [1.82, 2.24) is 9.97 Å². The lowest BCUT2D eigenvalue weighted by atomic mass is 10.0. The van der Waals surface area contributed by atoms with E-state index in [1.165, 1.54) is 10.4 Å². The van der Waals surface area contributed by atoms with Gasteiger partial charge in [-0.2, -0.15) is 0 Å². The van der Waals surface area contributed by atoms with E-state index in [-0.39, 0.29) is 0 Å². The molecule has 110 valence electrons. The second-order valence-electron chi connectivity index (χ2n) is 5.02. The van der Waals surface area contributed by atoms with Gasteiger partial charge in [0.15, 0.2) is 0 Å². The molecule has 0 radical (unpaired) electrons. The third-order valence-corrected chi connectivity index (χ3v) is 4.93. The molecule has 0 spiro atoms. The summed E-state index contributed by atoms with van der Waals surface area (Å²) in [5.41, 5.74) is 3.27. The molecule has 0 fully saturated rings. The predicted octanol–water partition coefficient (Wildman–Crippen LogP) is 4.70. The van der Waals surface area contributed by atoms with Gasteiger partial charge in [-0.05, 0) is 24.6 Å². The molecule has 0 N–H and O–H groups in total. The van der Waals surface area contributed by atoms with Crippen LogP contribution in [-0.2, 0) is 12.8 Å². The van der Waals surface area contributed by atoms with Gasteiger partial charge in [-0.25, -0.2) is 9.97 Å². The van der Waals surface area contributed by atoms with Crippen LogP contribution in [0.5, 0.6) is 0 Å². The van der Waals surface area contributed by atoms with Crippen molar-refractivity contribution in [2.24, 2.45) is 0 Å². The van der Waals surface area contributed by atoms with E-state index in [0.717, 1.165) is 33.7 Å². The summed E-state index contributed by atoms with van der Waals surface area (Å²) in [5.74, 6) is 0.905. The van der Waals surface area contributed by atoms with Crippen LogP contribution in [0.15, 0.2) is 52.2 Å². The second kappa shape index (κ2) is 5.42. The smallest absolute Gasteiger partial charge is 0.127 e. The number of hydrogen-bond acceptors (Lipinski definition) is 5. The van der Waals surface area contributed by atoms with E-state index in [2.05, 4.69) is 16.9 Å². The lowest BCUT2D eigenvalue weighted by Gasteiger charge is -2.04. The van der Waals surface area contributed by atoms with Crippen LogP contribution < -0.4 is 0 Å². The largest absolute Gasteiger partial charge is 0.472 e. The Labute approximate surface area is 131 Å². The minimum absolute atomic E-state index is 0.663. The fourth-order valence-electron chi connectivity index (χ4n) is 2.71. The average molecular weight is 310 g/mol. The molecule has 0 amide bonds. The predicted molar refractivity (Wildman–Crippen MR) is 86.0 cm³/mol. The lowest BCUT2D eigenvalue weighted by Crippen LogP contribution is -1.94. The van der Waals surface area contributed by atoms with Gasteiger partial charge < -0.3 is 8.83 Å². The molecule has 4 rings (SSSR count). The van der Waals surface area contributed by atoms with Crippen LogP contribution in [0.3, 0.4) is 0 Å². The molecule has 4 nitrogen and oxygen atoms in total. The van der Waals surface area contributed by atoms with Crippen molar-refractivity contribution >= 4 is 21.6 Å². The van der Waals surface area contributed by atoms with Crippen molar-refractivity contribution in [3.63, 3.8) is 0 Å². The third kappa shape index (κ3) is 2.14. The summed E-state index contributed by atoms with van der Waals surface area (Å²) in [4.78, 5) is 11.3. The van der Waals surface area contributed by atoms with Crippen molar-refractivity contribution in [3.05, 3.63) is 59.6 Å². The molecular weight excluding hydrogens is 296 g/mol. The van der Waals surface area contributed by atoms with Gasteiger partial charge in [-0.15, -0.1) is 11.3 Å². The first-order valence-electron chi connectivity index (χ1n) is 7.17. The van der Waals surface area contributed by atoms with Gasteiger partial charge in [0, 0.05) is 27.8 Å². The molecule has 0 aliphatic heterocycles. The summed E-state index contributed by atoms with van der Waals surface area (Å²) in [6.07, 6.45) is 8.43. The Morgan fingerprint density at radius 1 is 1.18 bits per heavy atom. The van der Waals surface area contributed by atoms with Crippen LogP contribution >= 0.6 is 11.3 Å². The molecule has 22 heavy (non-hydrogen) atoms. The topological polar surface area (TPSA) is 52.1 Å². The number of fused-ring (bicyclic) bond motifs is 1. The van der Waals surface area contributed by atoms with Gasteiger partial charge in [-0.1, -0.05) is 6.92 Å². The average Bonchev–Trinajstić information content (AvgIpc) is 3.27. The summed E-state index contributed by atoms with van der Waals surface area (Å²) in [5, 5.41) is 1.11. The van der Waals surface area contributed by atoms with E-state index < -0.39 is 0 Å². The number of rotatable bonds is 4. The van der Waals surface area contributed by atoms with E-state index in [1.807, 2.05) is 18.2 Å². The maximum Gasteiger partial charge on any atom is 0.127 e. The Bertz CT molecular complexity index is 892. The minimum Gasteiger partial charge on any atom is -0.472 e. The zero-order chi connectivity index (χ0) is 14.9. The van der Waals surface area contributed by atoms with Gasteiger partial charge >= 0.3 is 0 Å². The number of furan rings is 2. The molecule has 0 aromatic carbocycles. The monoisotopic (exact) mass is 310 g/mol. The Balaban J connectivity index is 1.96. The van der Waals surface area contributed by atoms with Gasteiger partial charge in [-0.3, -0.25) is 0 Å². The van der Waals surface area contributed by atoms with Gasteiger partial charge in [0.05, 0.1) is 24.5 Å². The van der Waals surface area contributed by atoms with Crippen LogP contribution in [0.25, 0.3) is 21.3 Å². The highest BCUT2D eigenvalue weighted by Gasteiger charge is 2.19. The van der Waals surface area contributed by atoms with Gasteiger partial charge in [0.25, 0.3) is 0 Å². The van der Waals surface area contributed by atoms with Crippen LogP contribution in [0.1, 0.15) is 23.3 Å². The van der Waals surface area contributed by atoms with Crippen molar-refractivity contribution in [1.29, 1.82) is 0 Å². The fraction of sp³-hybridized carbons (Fsp3) is 0.176. The molecule has 0 unspecified atom stereocenters. The van der Waals surface area contributed by atoms with Crippen LogP contribution in [-0.4, -0.2) is 9.97 Å². The first kappa shape index (κ1) is 13.3. The molecular formula is C17H14N2O2S. The Morgan fingerprint density at radius 2 is 2.14 bits per heavy atom. The number of aryl methyl sites for hydroxylation is 1. The van der Waals surface area contributed by atoms with E-state index in [1.54, 1.807) is 36.5 Å². The first-order chi connectivity index (χ1) is 10.9. The highest BCUT2D eigenvalue weighted by molar-refractivity contribution is 7.19. The molecule has 4 heterocycles. The van der Waals surface area contributed by atoms with Crippen molar-refractivity contribution in [2.45, 2.75) is 19.8 Å². The van der Waals surface area contributed by atoms with E-state index in [0.29, 0.717) is 6.42 Å². The maximum atomic E-state index is 5.47. The van der Waals surface area contributed by atoms with Gasteiger partial charge in [0.2, 0.25) is 0 Å². The molecule has 0 aliphatic carbocycles. The molecule has 0 saturated heterocycles. The summed E-state index contributed by atoms with van der Waals surface area (Å²) in [7, 11) is 0. The van der Waals surface area contributed by atoms with Crippen molar-refractivity contribution < 1.29 is 8.83 Å². The molecule has 0 atom stereocenters. The third-order valence-electron chi connectivity index (χ3n) is 3.69. The van der Waals surface area contributed by atoms with Crippen molar-refractivity contribution in [3.8, 4) is 11.1 Å². The van der Waals surface area contributed by atoms with E-state index >= 15 is 0 Å². The summed E-state index contributed by atoms with van der Waals surface area (Å²) in [6, 6.07) is 5.86. The van der Waals surface area contributed by atoms with Crippen LogP contribution in [0, 0.1) is 0 Å². The normalized spacial score (nSPS) is 11.3. The van der Waals surface area contributed by atoms with Gasteiger partial charge in [0.1, 0.15) is 16.9 Å². The Kier molecular flexibility index (Phi) is 3.27. The fourth-order valence-corrected chi connectivity index (χ4v) is 3.83. The molecule has 4 aromatic rings. The zero-order valence-corrected chi connectivity index (χ0v) is 12.9. The summed E-state index contributed by atoms with van der Waals surface area (Å²) in [6.45, 7) is 2.16. The standard InChI is InChI=1S/C17H14N2O2S/c1-2-14-15(11-5-7-20-9-11)16-13(8-12-4-3-6-21-12)18-10-19-17(16)22-14/h3-7,9-10H,2,8H2,1H3. The molecule has 0 aliphatic rings. The molecule has 4 aromatic heterocycles. The number of nitrogens with zero attached hydrogens (tertiary/aromatic N) is 2.